The summed E-state index contributed by atoms with van der Waals surface area (Å²) in [6.45, 7) is 5.16. The number of hydrogen-bond donors (Lipinski definition) is 2. The third kappa shape index (κ3) is 3.95. The molecule has 6 heteroatoms. The Morgan fingerprint density at radius 3 is 2.65 bits per heavy atom. The molecular weight excluding hydrogens is 328 g/mol. The Morgan fingerprint density at radius 1 is 1.23 bits per heavy atom. The molecule has 0 radical (unpaired) electrons. The predicted molar refractivity (Wildman–Crippen MR) is 99.5 cm³/mol. The fraction of sp³-hybridized carbons (Fsp3) is 0.450. The molecule has 3 rings (SSSR count). The molecule has 26 heavy (non-hydrogen) atoms. The van der Waals surface area contributed by atoms with Crippen LogP contribution < -0.4 is 10.6 Å². The van der Waals surface area contributed by atoms with E-state index < -0.39 is 0 Å². The van der Waals surface area contributed by atoms with E-state index in [0.29, 0.717) is 25.1 Å². The number of hydrogen-bond acceptors (Lipinski definition) is 3. The largest absolute Gasteiger partial charge is 0.351 e. The number of benzene rings is 1. The molecule has 1 aromatic heterocycles. The summed E-state index contributed by atoms with van der Waals surface area (Å²) >= 11 is 0. The molecule has 1 aliphatic heterocycles. The lowest BCUT2D eigenvalue weighted by Crippen LogP contribution is -2.39. The summed E-state index contributed by atoms with van der Waals surface area (Å²) in [6.07, 6.45) is 3.94. The van der Waals surface area contributed by atoms with Gasteiger partial charge >= 0.3 is 0 Å². The topological polar surface area (TPSA) is 76.0 Å². The van der Waals surface area contributed by atoms with Crippen LogP contribution in [-0.4, -0.2) is 27.6 Å². The molecule has 0 saturated heterocycles. The third-order valence-electron chi connectivity index (χ3n) is 5.03. The van der Waals surface area contributed by atoms with Crippen molar-refractivity contribution < 1.29 is 9.59 Å². The summed E-state index contributed by atoms with van der Waals surface area (Å²) in [7, 11) is 0. The van der Waals surface area contributed by atoms with Gasteiger partial charge in [-0.15, -0.1) is 0 Å². The lowest BCUT2D eigenvalue weighted by atomic mass is 10.0. The summed E-state index contributed by atoms with van der Waals surface area (Å²) in [5.74, 6) is 0.0273. The Kier molecular flexibility index (Phi) is 5.71. The summed E-state index contributed by atoms with van der Waals surface area (Å²) < 4.78 is 1.83. The van der Waals surface area contributed by atoms with Gasteiger partial charge in [-0.2, -0.15) is 5.10 Å². The van der Waals surface area contributed by atoms with Crippen molar-refractivity contribution in [1.29, 1.82) is 0 Å². The quantitative estimate of drug-likeness (QED) is 0.801. The third-order valence-corrected chi connectivity index (χ3v) is 5.03. The fourth-order valence-corrected chi connectivity index (χ4v) is 3.43. The Balaban J connectivity index is 1.59. The molecule has 1 aliphatic rings. The normalized spacial score (nSPS) is 15.7. The second kappa shape index (κ2) is 8.17. The van der Waals surface area contributed by atoms with Crippen LogP contribution in [0.15, 0.2) is 36.5 Å². The molecule has 2 heterocycles. The van der Waals surface area contributed by atoms with Crippen LogP contribution in [0.3, 0.4) is 0 Å². The highest BCUT2D eigenvalue weighted by atomic mass is 16.2. The van der Waals surface area contributed by atoms with E-state index in [2.05, 4.69) is 15.7 Å². The average molecular weight is 354 g/mol. The monoisotopic (exact) mass is 354 g/mol. The summed E-state index contributed by atoms with van der Waals surface area (Å²) in [6, 6.07) is 9.82. The van der Waals surface area contributed by atoms with Crippen LogP contribution in [0.4, 0.5) is 0 Å². The van der Waals surface area contributed by atoms with Crippen molar-refractivity contribution in [2.75, 3.05) is 0 Å². The number of amides is 2. The summed E-state index contributed by atoms with van der Waals surface area (Å²) in [5.41, 5.74) is 2.55. The van der Waals surface area contributed by atoms with E-state index in [-0.39, 0.29) is 23.8 Å². The minimum Gasteiger partial charge on any atom is -0.351 e. The van der Waals surface area contributed by atoms with Crippen molar-refractivity contribution in [3.8, 4) is 0 Å². The zero-order valence-electron chi connectivity index (χ0n) is 15.4. The van der Waals surface area contributed by atoms with Gasteiger partial charge < -0.3 is 10.6 Å². The van der Waals surface area contributed by atoms with Crippen molar-refractivity contribution in [2.24, 2.45) is 5.92 Å². The van der Waals surface area contributed by atoms with E-state index in [9.17, 15) is 9.59 Å². The molecule has 138 valence electrons. The van der Waals surface area contributed by atoms with E-state index in [1.54, 1.807) is 6.20 Å². The standard InChI is InChI=1S/C20H26N4O2/c1-3-15(4-2)19(25)23-16-10-18-17(12-22-24(18)13-16)20(26)21-11-14-8-6-5-7-9-14/h5-9,12,15-16H,3-4,10-11,13H2,1-2H3,(H,21,26)(H,23,25)/t16-/m0/s1. The van der Waals surface area contributed by atoms with Crippen LogP contribution in [0, 0.1) is 5.92 Å². The van der Waals surface area contributed by atoms with Crippen LogP contribution in [-0.2, 0) is 24.3 Å². The van der Waals surface area contributed by atoms with Gasteiger partial charge in [-0.1, -0.05) is 44.2 Å². The Hall–Kier alpha value is -2.63. The van der Waals surface area contributed by atoms with Gasteiger partial charge in [0.1, 0.15) is 0 Å². The summed E-state index contributed by atoms with van der Waals surface area (Å²) in [4.78, 5) is 24.8. The smallest absolute Gasteiger partial charge is 0.255 e. The maximum Gasteiger partial charge on any atom is 0.255 e. The van der Waals surface area contributed by atoms with E-state index in [0.717, 1.165) is 24.1 Å². The van der Waals surface area contributed by atoms with Crippen LogP contribution >= 0.6 is 0 Å². The minimum atomic E-state index is -0.123. The number of nitrogens with zero attached hydrogens (tertiary/aromatic N) is 2. The summed E-state index contributed by atoms with van der Waals surface area (Å²) in [5, 5.41) is 10.4. The molecule has 2 N–H and O–H groups in total. The first-order valence-electron chi connectivity index (χ1n) is 9.29. The molecule has 2 aromatic rings. The first kappa shape index (κ1) is 18.2. The SMILES string of the molecule is CCC(CC)C(=O)N[C@H]1Cc2c(C(=O)NCc3ccccc3)cnn2C1. The van der Waals surface area contributed by atoms with Crippen molar-refractivity contribution in [1.82, 2.24) is 20.4 Å². The van der Waals surface area contributed by atoms with Gasteiger partial charge in [-0.05, 0) is 18.4 Å². The fourth-order valence-electron chi connectivity index (χ4n) is 3.43. The van der Waals surface area contributed by atoms with Crippen LogP contribution in [0.2, 0.25) is 0 Å². The molecule has 0 saturated carbocycles. The Bertz CT molecular complexity index is 765. The van der Waals surface area contributed by atoms with Gasteiger partial charge in [0.25, 0.3) is 5.91 Å². The molecule has 0 fully saturated rings. The number of fused-ring (bicyclic) bond motifs is 1. The number of carbonyl (C=O) groups is 2. The maximum atomic E-state index is 12.5. The van der Waals surface area contributed by atoms with Gasteiger partial charge in [0, 0.05) is 18.9 Å². The average Bonchev–Trinajstić information content (AvgIpc) is 3.21. The molecule has 6 nitrogen and oxygen atoms in total. The highest BCUT2D eigenvalue weighted by molar-refractivity contribution is 5.95. The lowest BCUT2D eigenvalue weighted by molar-refractivity contribution is -0.125. The zero-order chi connectivity index (χ0) is 18.5. The van der Waals surface area contributed by atoms with Crippen molar-refractivity contribution in [3.63, 3.8) is 0 Å². The van der Waals surface area contributed by atoms with Crippen molar-refractivity contribution in [3.05, 3.63) is 53.3 Å². The molecule has 0 aliphatic carbocycles. The van der Waals surface area contributed by atoms with Crippen LogP contribution in [0.5, 0.6) is 0 Å². The van der Waals surface area contributed by atoms with Crippen molar-refractivity contribution >= 4 is 11.8 Å². The minimum absolute atomic E-state index is 0.00692. The van der Waals surface area contributed by atoms with Crippen LogP contribution in [0.1, 0.15) is 48.3 Å². The molecule has 1 atom stereocenters. The number of carbonyl (C=O) groups excluding carboxylic acids is 2. The van der Waals surface area contributed by atoms with E-state index in [4.69, 9.17) is 0 Å². The first-order chi connectivity index (χ1) is 12.6. The number of nitrogens with one attached hydrogen (secondary N) is 2. The second-order valence-electron chi connectivity index (χ2n) is 6.78. The first-order valence-corrected chi connectivity index (χ1v) is 9.29. The molecular formula is C20H26N4O2. The van der Waals surface area contributed by atoms with E-state index in [1.807, 2.05) is 48.9 Å². The zero-order valence-corrected chi connectivity index (χ0v) is 15.4. The second-order valence-corrected chi connectivity index (χ2v) is 6.78. The Morgan fingerprint density at radius 2 is 1.96 bits per heavy atom. The van der Waals surface area contributed by atoms with E-state index >= 15 is 0 Å². The van der Waals surface area contributed by atoms with E-state index in [1.165, 1.54) is 0 Å². The van der Waals surface area contributed by atoms with Crippen molar-refractivity contribution in [2.45, 2.75) is 52.2 Å². The highest BCUT2D eigenvalue weighted by Gasteiger charge is 2.29. The van der Waals surface area contributed by atoms with Gasteiger partial charge in [-0.3, -0.25) is 14.3 Å². The maximum absolute atomic E-state index is 12.5. The van der Waals surface area contributed by atoms with Gasteiger partial charge in [0.2, 0.25) is 5.91 Å². The number of aromatic nitrogens is 2. The van der Waals surface area contributed by atoms with Gasteiger partial charge in [-0.25, -0.2) is 0 Å². The van der Waals surface area contributed by atoms with Crippen LogP contribution in [0.25, 0.3) is 0 Å². The molecule has 0 bridgehead atoms. The van der Waals surface area contributed by atoms with Gasteiger partial charge in [0.15, 0.2) is 0 Å². The van der Waals surface area contributed by atoms with Gasteiger partial charge in [0.05, 0.1) is 30.0 Å². The Labute approximate surface area is 154 Å². The molecule has 1 aromatic carbocycles. The lowest BCUT2D eigenvalue weighted by Gasteiger charge is -2.17. The predicted octanol–water partition coefficient (Wildman–Crippen LogP) is 2.29. The molecule has 0 unspecified atom stereocenters. The highest BCUT2D eigenvalue weighted by Crippen LogP contribution is 2.20. The number of rotatable bonds is 7. The molecule has 2 amide bonds. The molecule has 0 spiro atoms.